The molecule has 1 aliphatic rings. The van der Waals surface area contributed by atoms with Gasteiger partial charge in [-0.1, -0.05) is 42.5 Å². The number of nitrogens with zero attached hydrogens (tertiary/aromatic N) is 2. The first-order chi connectivity index (χ1) is 13.7. The molecule has 2 heterocycles. The quantitative estimate of drug-likeness (QED) is 0.742. The van der Waals surface area contributed by atoms with Gasteiger partial charge in [0.2, 0.25) is 5.91 Å². The zero-order valence-electron chi connectivity index (χ0n) is 15.6. The Balaban J connectivity index is 1.34. The number of aromatic amines is 1. The minimum Gasteiger partial charge on any atom is -0.370 e. The Morgan fingerprint density at radius 3 is 2.79 bits per heavy atom. The first-order valence-electron chi connectivity index (χ1n) is 9.63. The molecule has 6 heteroatoms. The van der Waals surface area contributed by atoms with E-state index in [0.717, 1.165) is 5.56 Å². The summed E-state index contributed by atoms with van der Waals surface area (Å²) in [7, 11) is 0. The van der Waals surface area contributed by atoms with Crippen molar-refractivity contribution < 1.29 is 9.53 Å². The van der Waals surface area contributed by atoms with Crippen molar-refractivity contribution in [2.75, 3.05) is 19.7 Å². The van der Waals surface area contributed by atoms with Gasteiger partial charge in [-0.05, 0) is 24.1 Å². The second-order valence-corrected chi connectivity index (χ2v) is 6.99. The number of amides is 1. The van der Waals surface area contributed by atoms with Gasteiger partial charge in [0.15, 0.2) is 0 Å². The van der Waals surface area contributed by atoms with Crippen LogP contribution in [0.3, 0.4) is 0 Å². The lowest BCUT2D eigenvalue weighted by Gasteiger charge is -2.33. The van der Waals surface area contributed by atoms with Gasteiger partial charge in [0.25, 0.3) is 5.56 Å². The average Bonchev–Trinajstić information content (AvgIpc) is 2.74. The largest absolute Gasteiger partial charge is 0.370 e. The molecule has 6 nitrogen and oxygen atoms in total. The predicted molar refractivity (Wildman–Crippen MR) is 107 cm³/mol. The van der Waals surface area contributed by atoms with E-state index >= 15 is 0 Å². The molecule has 0 spiro atoms. The van der Waals surface area contributed by atoms with Crippen molar-refractivity contribution in [1.82, 2.24) is 14.9 Å². The Bertz CT molecular complexity index is 1020. The lowest BCUT2D eigenvalue weighted by Crippen LogP contribution is -2.42. The van der Waals surface area contributed by atoms with Gasteiger partial charge in [-0.3, -0.25) is 9.59 Å². The van der Waals surface area contributed by atoms with E-state index in [-0.39, 0.29) is 17.6 Å². The Kier molecular flexibility index (Phi) is 5.48. The molecule has 144 valence electrons. The third-order valence-electron chi connectivity index (χ3n) is 5.06. The van der Waals surface area contributed by atoms with Crippen LogP contribution in [0.25, 0.3) is 10.9 Å². The van der Waals surface area contributed by atoms with Crippen molar-refractivity contribution in [3.63, 3.8) is 0 Å². The second-order valence-electron chi connectivity index (χ2n) is 6.99. The van der Waals surface area contributed by atoms with Crippen LogP contribution in [0.15, 0.2) is 59.4 Å². The van der Waals surface area contributed by atoms with E-state index in [2.05, 4.69) is 9.97 Å². The van der Waals surface area contributed by atoms with E-state index in [0.29, 0.717) is 55.7 Å². The summed E-state index contributed by atoms with van der Waals surface area (Å²) in [6.07, 6.45) is 1.57. The highest BCUT2D eigenvalue weighted by Gasteiger charge is 2.24. The summed E-state index contributed by atoms with van der Waals surface area (Å²) in [6, 6.07) is 17.3. The van der Waals surface area contributed by atoms with Crippen LogP contribution in [-0.2, 0) is 16.0 Å². The number of fused-ring (bicyclic) bond motifs is 1. The number of carbonyl (C=O) groups excluding carboxylic acids is 1. The third-order valence-corrected chi connectivity index (χ3v) is 5.06. The molecule has 1 amide bonds. The van der Waals surface area contributed by atoms with E-state index in [4.69, 9.17) is 4.74 Å². The van der Waals surface area contributed by atoms with Crippen molar-refractivity contribution in [2.45, 2.75) is 25.4 Å². The van der Waals surface area contributed by atoms with Gasteiger partial charge < -0.3 is 14.6 Å². The smallest absolute Gasteiger partial charge is 0.258 e. The maximum Gasteiger partial charge on any atom is 0.258 e. The summed E-state index contributed by atoms with van der Waals surface area (Å²) >= 11 is 0. The van der Waals surface area contributed by atoms with Gasteiger partial charge in [-0.25, -0.2) is 4.98 Å². The normalized spacial score (nSPS) is 17.0. The van der Waals surface area contributed by atoms with E-state index < -0.39 is 0 Å². The summed E-state index contributed by atoms with van der Waals surface area (Å²) in [4.78, 5) is 33.9. The number of para-hydroxylation sites is 1. The molecule has 4 rings (SSSR count). The standard InChI is InChI=1S/C22H23N3O3/c26-21(25-13-14-28-19(15-25)16-7-2-1-3-8-16)12-6-11-20-23-18-10-5-4-9-17(18)22(27)24-20/h1-5,7-10,19H,6,11-15H2,(H,23,24,27). The Morgan fingerprint density at radius 2 is 1.93 bits per heavy atom. The molecule has 3 aromatic rings. The van der Waals surface area contributed by atoms with Gasteiger partial charge in [0.1, 0.15) is 11.9 Å². The maximum absolute atomic E-state index is 12.6. The molecule has 2 aromatic carbocycles. The summed E-state index contributed by atoms with van der Waals surface area (Å²) in [5.41, 5.74) is 1.65. The number of rotatable bonds is 5. The highest BCUT2D eigenvalue weighted by Crippen LogP contribution is 2.22. The van der Waals surface area contributed by atoms with Gasteiger partial charge in [0, 0.05) is 19.4 Å². The van der Waals surface area contributed by atoms with Gasteiger partial charge in [0.05, 0.1) is 24.1 Å². The van der Waals surface area contributed by atoms with Crippen molar-refractivity contribution >= 4 is 16.8 Å². The molecular formula is C22H23N3O3. The van der Waals surface area contributed by atoms with Crippen LogP contribution in [0.4, 0.5) is 0 Å². The predicted octanol–water partition coefficient (Wildman–Crippen LogP) is 2.85. The summed E-state index contributed by atoms with van der Waals surface area (Å²) in [5, 5.41) is 0.586. The molecule has 1 atom stereocenters. The molecule has 1 unspecified atom stereocenters. The maximum atomic E-state index is 12.6. The van der Waals surface area contributed by atoms with E-state index in [1.807, 2.05) is 53.4 Å². The van der Waals surface area contributed by atoms with E-state index in [1.165, 1.54) is 0 Å². The molecule has 0 radical (unpaired) electrons. The molecule has 28 heavy (non-hydrogen) atoms. The monoisotopic (exact) mass is 377 g/mol. The SMILES string of the molecule is O=C(CCCc1nc2ccccc2c(=O)[nH]1)N1CCOC(c2ccccc2)C1. The molecule has 1 aromatic heterocycles. The number of nitrogens with one attached hydrogen (secondary N) is 1. The molecule has 1 N–H and O–H groups in total. The van der Waals surface area contributed by atoms with Gasteiger partial charge >= 0.3 is 0 Å². The Hall–Kier alpha value is -2.99. The number of benzene rings is 2. The molecule has 0 aliphatic carbocycles. The summed E-state index contributed by atoms with van der Waals surface area (Å²) in [6.45, 7) is 1.74. The third kappa shape index (κ3) is 4.12. The summed E-state index contributed by atoms with van der Waals surface area (Å²) in [5.74, 6) is 0.744. The highest BCUT2D eigenvalue weighted by atomic mass is 16.5. The molecule has 1 fully saturated rings. The molecule has 0 bridgehead atoms. The van der Waals surface area contributed by atoms with Crippen LogP contribution >= 0.6 is 0 Å². The van der Waals surface area contributed by atoms with E-state index in [9.17, 15) is 9.59 Å². The number of carbonyl (C=O) groups is 1. The summed E-state index contributed by atoms with van der Waals surface area (Å²) < 4.78 is 5.83. The molecule has 1 aliphatic heterocycles. The topological polar surface area (TPSA) is 75.3 Å². The number of aromatic nitrogens is 2. The number of aryl methyl sites for hydroxylation is 1. The lowest BCUT2D eigenvalue weighted by atomic mass is 10.1. The van der Waals surface area contributed by atoms with Crippen LogP contribution in [0, 0.1) is 0 Å². The second kappa shape index (κ2) is 8.35. The van der Waals surface area contributed by atoms with Crippen molar-refractivity contribution in [3.8, 4) is 0 Å². The minimum atomic E-state index is -0.134. The molecular weight excluding hydrogens is 354 g/mol. The number of hydrogen-bond donors (Lipinski definition) is 1. The Labute approximate surface area is 163 Å². The minimum absolute atomic E-state index is 0.0718. The number of ether oxygens (including phenoxy) is 1. The zero-order valence-corrected chi connectivity index (χ0v) is 15.6. The van der Waals surface area contributed by atoms with Crippen LogP contribution in [0.5, 0.6) is 0 Å². The molecule has 1 saturated heterocycles. The highest BCUT2D eigenvalue weighted by molar-refractivity contribution is 5.77. The van der Waals surface area contributed by atoms with Gasteiger partial charge in [-0.2, -0.15) is 0 Å². The Morgan fingerprint density at radius 1 is 1.14 bits per heavy atom. The fourth-order valence-electron chi connectivity index (χ4n) is 3.56. The van der Waals surface area contributed by atoms with Crippen molar-refractivity contribution in [1.29, 1.82) is 0 Å². The van der Waals surface area contributed by atoms with Gasteiger partial charge in [-0.15, -0.1) is 0 Å². The van der Waals surface area contributed by atoms with Crippen LogP contribution in [0.2, 0.25) is 0 Å². The zero-order chi connectivity index (χ0) is 19.3. The van der Waals surface area contributed by atoms with Crippen molar-refractivity contribution in [2.24, 2.45) is 0 Å². The fraction of sp³-hybridized carbons (Fsp3) is 0.318. The number of H-pyrrole nitrogens is 1. The molecule has 0 saturated carbocycles. The first kappa shape index (κ1) is 18.4. The van der Waals surface area contributed by atoms with Crippen LogP contribution in [-0.4, -0.2) is 40.5 Å². The van der Waals surface area contributed by atoms with Crippen LogP contribution < -0.4 is 5.56 Å². The number of morpholine rings is 1. The first-order valence-corrected chi connectivity index (χ1v) is 9.63. The van der Waals surface area contributed by atoms with E-state index in [1.54, 1.807) is 6.07 Å². The van der Waals surface area contributed by atoms with Crippen LogP contribution in [0.1, 0.15) is 30.3 Å². The lowest BCUT2D eigenvalue weighted by molar-refractivity contribution is -0.139. The average molecular weight is 377 g/mol. The van der Waals surface area contributed by atoms with Crippen molar-refractivity contribution in [3.05, 3.63) is 76.3 Å². The number of hydrogen-bond acceptors (Lipinski definition) is 4. The fourth-order valence-corrected chi connectivity index (χ4v) is 3.56.